The van der Waals surface area contributed by atoms with Crippen molar-refractivity contribution in [2.24, 2.45) is 0 Å². The van der Waals surface area contributed by atoms with Crippen molar-refractivity contribution in [1.29, 1.82) is 0 Å². The van der Waals surface area contributed by atoms with E-state index in [1.807, 2.05) is 0 Å². The Kier molecular flexibility index (Phi) is 13.3. The molecule has 208 valence electrons. The van der Waals surface area contributed by atoms with E-state index < -0.39 is 23.1 Å². The van der Waals surface area contributed by atoms with Gasteiger partial charge >= 0.3 is 0 Å². The lowest BCUT2D eigenvalue weighted by Gasteiger charge is -2.14. The van der Waals surface area contributed by atoms with Gasteiger partial charge in [0.2, 0.25) is 0 Å². The molecule has 0 spiro atoms. The summed E-state index contributed by atoms with van der Waals surface area (Å²) in [6, 6.07) is 0. The second-order valence-electron chi connectivity index (χ2n) is 9.55. The molecule has 0 aromatic heterocycles. The quantitative estimate of drug-likeness (QED) is 0.126. The van der Waals surface area contributed by atoms with Crippen molar-refractivity contribution >= 4 is 23.1 Å². The van der Waals surface area contributed by atoms with Crippen LogP contribution in [0.2, 0.25) is 0 Å². The number of ether oxygens (including phenoxy) is 2. The van der Waals surface area contributed by atoms with Gasteiger partial charge in [0, 0.05) is 23.3 Å². The monoisotopic (exact) mass is 528 g/mol. The standard InChI is InChI=1S/C30H40O8/c1-37-25-19-23(31)21(27(33)29(25)35)17-15-13-11-9-7-5-3-4-6-8-10-12-14-16-18-22-24(32)20-26(38-2)30(36)28(22)34/h3-4,19-20,33-34H,5-18H2,1-2H3. The van der Waals surface area contributed by atoms with Crippen LogP contribution in [0.15, 0.2) is 58.5 Å². The number of hydrogen-bond acceptors (Lipinski definition) is 8. The third kappa shape index (κ3) is 9.15. The number of rotatable bonds is 18. The summed E-state index contributed by atoms with van der Waals surface area (Å²) in [5.41, 5.74) is 0.370. The summed E-state index contributed by atoms with van der Waals surface area (Å²) in [7, 11) is 2.60. The topological polar surface area (TPSA) is 127 Å². The van der Waals surface area contributed by atoms with Gasteiger partial charge in [-0.1, -0.05) is 50.7 Å². The fraction of sp³-hybridized carbons (Fsp3) is 0.533. The van der Waals surface area contributed by atoms with E-state index in [1.165, 1.54) is 14.2 Å². The summed E-state index contributed by atoms with van der Waals surface area (Å²) in [5.74, 6) is -3.16. The molecule has 2 N–H and O–H groups in total. The maximum Gasteiger partial charge on any atom is 0.262 e. The van der Waals surface area contributed by atoms with Gasteiger partial charge in [0.05, 0.1) is 14.2 Å². The van der Waals surface area contributed by atoms with E-state index in [-0.39, 0.29) is 34.2 Å². The first kappa shape index (κ1) is 30.8. The zero-order valence-corrected chi connectivity index (χ0v) is 22.6. The van der Waals surface area contributed by atoms with Gasteiger partial charge in [0.1, 0.15) is 0 Å². The third-order valence-corrected chi connectivity index (χ3v) is 6.77. The van der Waals surface area contributed by atoms with E-state index >= 15 is 0 Å². The van der Waals surface area contributed by atoms with Gasteiger partial charge in [0.15, 0.2) is 34.6 Å². The highest BCUT2D eigenvalue weighted by molar-refractivity contribution is 6.21. The molecule has 2 rings (SSSR count). The number of allylic oxidation sites excluding steroid dienone is 6. The molecule has 0 saturated carbocycles. The van der Waals surface area contributed by atoms with Crippen LogP contribution in [-0.2, 0) is 28.7 Å². The number of carbonyl (C=O) groups excluding carboxylic acids is 4. The van der Waals surface area contributed by atoms with Gasteiger partial charge in [-0.25, -0.2) is 0 Å². The molecule has 0 bridgehead atoms. The van der Waals surface area contributed by atoms with Crippen LogP contribution in [0.5, 0.6) is 0 Å². The Labute approximate surface area is 224 Å². The number of methoxy groups -OCH3 is 2. The van der Waals surface area contributed by atoms with Crippen LogP contribution in [-0.4, -0.2) is 47.6 Å². The van der Waals surface area contributed by atoms with Crippen LogP contribution in [0.4, 0.5) is 0 Å². The minimum Gasteiger partial charge on any atom is -0.504 e. The Hall–Kier alpha value is -3.42. The first-order valence-electron chi connectivity index (χ1n) is 13.5. The molecule has 0 aromatic carbocycles. The zero-order chi connectivity index (χ0) is 27.9. The van der Waals surface area contributed by atoms with Gasteiger partial charge in [-0.15, -0.1) is 0 Å². The number of aliphatic hydroxyl groups excluding tert-OH is 2. The number of hydrogen-bond donors (Lipinski definition) is 2. The van der Waals surface area contributed by atoms with Crippen molar-refractivity contribution in [2.45, 2.75) is 89.9 Å². The molecular weight excluding hydrogens is 488 g/mol. The first-order chi connectivity index (χ1) is 18.3. The second kappa shape index (κ2) is 16.4. The molecule has 0 atom stereocenters. The minimum atomic E-state index is -0.626. The van der Waals surface area contributed by atoms with Crippen molar-refractivity contribution in [3.05, 3.63) is 58.5 Å². The largest absolute Gasteiger partial charge is 0.504 e. The molecular formula is C30H40O8. The number of ketones is 4. The molecule has 38 heavy (non-hydrogen) atoms. The summed E-state index contributed by atoms with van der Waals surface area (Å²) < 4.78 is 9.63. The van der Waals surface area contributed by atoms with Crippen molar-refractivity contribution in [1.82, 2.24) is 0 Å². The van der Waals surface area contributed by atoms with E-state index in [0.29, 0.717) is 12.8 Å². The van der Waals surface area contributed by atoms with Crippen LogP contribution in [0.3, 0.4) is 0 Å². The first-order valence-corrected chi connectivity index (χ1v) is 13.5. The molecule has 0 amide bonds. The highest BCUT2D eigenvalue weighted by Crippen LogP contribution is 2.24. The molecule has 8 nitrogen and oxygen atoms in total. The zero-order valence-electron chi connectivity index (χ0n) is 22.6. The van der Waals surface area contributed by atoms with Gasteiger partial charge in [-0.05, 0) is 51.4 Å². The highest BCUT2D eigenvalue weighted by atomic mass is 16.5. The molecule has 0 saturated heterocycles. The van der Waals surface area contributed by atoms with E-state index in [4.69, 9.17) is 9.47 Å². The number of aliphatic hydroxyl groups is 2. The normalized spacial score (nSPS) is 16.5. The molecule has 8 heteroatoms. The highest BCUT2D eigenvalue weighted by Gasteiger charge is 2.29. The predicted molar refractivity (Wildman–Crippen MR) is 143 cm³/mol. The summed E-state index contributed by atoms with van der Waals surface area (Å²) in [5, 5.41) is 19.9. The van der Waals surface area contributed by atoms with Crippen molar-refractivity contribution < 1.29 is 38.9 Å². The fourth-order valence-corrected chi connectivity index (χ4v) is 4.50. The van der Waals surface area contributed by atoms with E-state index in [9.17, 15) is 29.4 Å². The Balaban J connectivity index is 1.44. The van der Waals surface area contributed by atoms with Crippen molar-refractivity contribution in [2.75, 3.05) is 14.2 Å². The van der Waals surface area contributed by atoms with Gasteiger partial charge < -0.3 is 19.7 Å². The average molecular weight is 529 g/mol. The van der Waals surface area contributed by atoms with Crippen molar-refractivity contribution in [3.8, 4) is 0 Å². The molecule has 0 unspecified atom stereocenters. The molecule has 0 heterocycles. The fourth-order valence-electron chi connectivity index (χ4n) is 4.50. The van der Waals surface area contributed by atoms with Crippen LogP contribution < -0.4 is 0 Å². The smallest absolute Gasteiger partial charge is 0.262 e. The van der Waals surface area contributed by atoms with Gasteiger partial charge in [-0.3, -0.25) is 19.2 Å². The van der Waals surface area contributed by atoms with Crippen LogP contribution in [0.25, 0.3) is 0 Å². The number of carbonyl (C=O) groups is 4. The second-order valence-corrected chi connectivity index (χ2v) is 9.55. The Bertz CT molecular complexity index is 956. The predicted octanol–water partition coefficient (Wildman–Crippen LogP) is 5.99. The Morgan fingerprint density at radius 1 is 0.579 bits per heavy atom. The molecule has 2 aliphatic rings. The van der Waals surface area contributed by atoms with E-state index in [1.54, 1.807) is 0 Å². The van der Waals surface area contributed by atoms with E-state index in [2.05, 4.69) is 12.2 Å². The third-order valence-electron chi connectivity index (χ3n) is 6.77. The lowest BCUT2D eigenvalue weighted by molar-refractivity contribution is -0.120. The van der Waals surface area contributed by atoms with Gasteiger partial charge in [0.25, 0.3) is 11.6 Å². The van der Waals surface area contributed by atoms with E-state index in [0.717, 1.165) is 89.2 Å². The molecule has 0 aliphatic heterocycles. The molecule has 0 radical (unpaired) electrons. The Morgan fingerprint density at radius 2 is 0.921 bits per heavy atom. The summed E-state index contributed by atoms with van der Waals surface area (Å²) in [6.45, 7) is 0. The molecule has 2 aliphatic carbocycles. The summed E-state index contributed by atoms with van der Waals surface area (Å²) in [6.07, 6.45) is 19.5. The van der Waals surface area contributed by atoms with Gasteiger partial charge in [-0.2, -0.15) is 0 Å². The maximum absolute atomic E-state index is 12.0. The van der Waals surface area contributed by atoms with Crippen LogP contribution >= 0.6 is 0 Å². The van der Waals surface area contributed by atoms with Crippen LogP contribution in [0.1, 0.15) is 89.9 Å². The van der Waals surface area contributed by atoms with Crippen molar-refractivity contribution in [3.63, 3.8) is 0 Å². The van der Waals surface area contributed by atoms with Crippen LogP contribution in [0, 0.1) is 0 Å². The molecule has 0 fully saturated rings. The summed E-state index contributed by atoms with van der Waals surface area (Å²) >= 11 is 0. The molecule has 0 aromatic rings. The average Bonchev–Trinajstić information content (AvgIpc) is 2.91. The minimum absolute atomic E-state index is 0.118. The summed E-state index contributed by atoms with van der Waals surface area (Å²) in [4.78, 5) is 47.8. The maximum atomic E-state index is 12.0. The Morgan fingerprint density at radius 3 is 1.29 bits per heavy atom. The SMILES string of the molecule is COC1=CC(=O)C(CCCCCCCC=CCCCCCCCC2=C(O)C(=O)C(OC)=CC2=O)=C(O)C1=O. The number of Topliss-reactive ketones (excluding diaryl/α,β-unsaturated/α-hetero) is 2. The number of unbranched alkanes of at least 4 members (excludes halogenated alkanes) is 10. The lowest BCUT2D eigenvalue weighted by atomic mass is 9.95. The lowest BCUT2D eigenvalue weighted by Crippen LogP contribution is -2.20.